The first-order chi connectivity index (χ1) is 12.9. The molecule has 124 valence electrons. The summed E-state index contributed by atoms with van der Waals surface area (Å²) in [6.07, 6.45) is 5.51. The second kappa shape index (κ2) is 4.84. The van der Waals surface area contributed by atoms with E-state index in [9.17, 15) is 0 Å². The predicted molar refractivity (Wildman–Crippen MR) is 104 cm³/mol. The highest BCUT2D eigenvalue weighted by molar-refractivity contribution is 5.88. The van der Waals surface area contributed by atoms with E-state index in [-0.39, 0.29) is 0 Å². The number of hydrogen-bond acceptors (Lipinski definition) is 1. The molecule has 3 aliphatic rings. The molecular weight excluding hydrogens is 316 g/mol. The van der Waals surface area contributed by atoms with Crippen molar-refractivity contribution in [3.05, 3.63) is 125 Å². The van der Waals surface area contributed by atoms with Gasteiger partial charge in [-0.3, -0.25) is 0 Å². The molecule has 2 aliphatic carbocycles. The molecule has 3 aromatic carbocycles. The SMILES string of the molecule is C1=CC2(c3ccccc3)OC2(c2ccccc2)C2=C1c1ccccc1C2. The minimum atomic E-state index is -0.392. The summed E-state index contributed by atoms with van der Waals surface area (Å²) in [5.41, 5.74) is 7.18. The van der Waals surface area contributed by atoms with E-state index in [1.165, 1.54) is 33.4 Å². The quantitative estimate of drug-likeness (QED) is 0.573. The molecule has 1 heteroatoms. The Morgan fingerprint density at radius 2 is 1.35 bits per heavy atom. The van der Waals surface area contributed by atoms with Crippen LogP contribution in [-0.2, 0) is 22.4 Å². The largest absolute Gasteiger partial charge is 0.343 e. The predicted octanol–water partition coefficient (Wildman–Crippen LogP) is 5.39. The van der Waals surface area contributed by atoms with Gasteiger partial charge >= 0.3 is 0 Å². The molecule has 26 heavy (non-hydrogen) atoms. The minimum absolute atomic E-state index is 0.390. The maximum absolute atomic E-state index is 6.73. The molecule has 2 atom stereocenters. The Morgan fingerprint density at radius 1 is 0.692 bits per heavy atom. The molecule has 0 bridgehead atoms. The van der Waals surface area contributed by atoms with E-state index in [4.69, 9.17) is 4.74 Å². The first-order valence-electron chi connectivity index (χ1n) is 9.17. The van der Waals surface area contributed by atoms with Crippen LogP contribution in [0.15, 0.2) is 103 Å². The number of ether oxygens (including phenoxy) is 1. The van der Waals surface area contributed by atoms with Crippen molar-refractivity contribution in [1.29, 1.82) is 0 Å². The number of hydrogen-bond donors (Lipinski definition) is 0. The highest BCUT2D eigenvalue weighted by Crippen LogP contribution is 2.71. The molecule has 1 heterocycles. The monoisotopic (exact) mass is 334 g/mol. The Hall–Kier alpha value is -2.90. The summed E-state index contributed by atoms with van der Waals surface area (Å²) in [4.78, 5) is 0. The lowest BCUT2D eigenvalue weighted by atomic mass is 9.72. The molecule has 0 N–H and O–H groups in total. The Bertz CT molecular complexity index is 1080. The topological polar surface area (TPSA) is 12.5 Å². The van der Waals surface area contributed by atoms with Gasteiger partial charge in [0.15, 0.2) is 11.2 Å². The van der Waals surface area contributed by atoms with Crippen LogP contribution < -0.4 is 0 Å². The molecular formula is C25H18O. The molecule has 0 aromatic heterocycles. The lowest BCUT2D eigenvalue weighted by molar-refractivity contribution is 0.301. The van der Waals surface area contributed by atoms with Crippen LogP contribution in [0, 0.1) is 0 Å². The molecule has 2 unspecified atom stereocenters. The number of benzene rings is 3. The summed E-state index contributed by atoms with van der Waals surface area (Å²) in [7, 11) is 0. The van der Waals surface area contributed by atoms with Gasteiger partial charge < -0.3 is 4.74 Å². The van der Waals surface area contributed by atoms with Crippen molar-refractivity contribution in [3.63, 3.8) is 0 Å². The highest BCUT2D eigenvalue weighted by atomic mass is 16.6. The second-order valence-corrected chi connectivity index (χ2v) is 7.31. The van der Waals surface area contributed by atoms with E-state index >= 15 is 0 Å². The van der Waals surface area contributed by atoms with Crippen LogP contribution >= 0.6 is 0 Å². The minimum Gasteiger partial charge on any atom is -0.343 e. The van der Waals surface area contributed by atoms with Crippen LogP contribution in [0.25, 0.3) is 5.57 Å². The first-order valence-corrected chi connectivity index (χ1v) is 9.17. The third-order valence-electron chi connectivity index (χ3n) is 6.09. The number of fused-ring (bicyclic) bond motifs is 4. The Balaban J connectivity index is 1.61. The van der Waals surface area contributed by atoms with Gasteiger partial charge in [0.05, 0.1) is 0 Å². The molecule has 0 amide bonds. The van der Waals surface area contributed by atoms with Crippen LogP contribution in [-0.4, -0.2) is 0 Å². The molecule has 1 aliphatic heterocycles. The van der Waals surface area contributed by atoms with Gasteiger partial charge in [-0.05, 0) is 45.9 Å². The van der Waals surface area contributed by atoms with Crippen LogP contribution in [0.3, 0.4) is 0 Å². The zero-order valence-electron chi connectivity index (χ0n) is 14.4. The first kappa shape index (κ1) is 14.3. The van der Waals surface area contributed by atoms with E-state index in [0.717, 1.165) is 6.42 Å². The van der Waals surface area contributed by atoms with Crippen molar-refractivity contribution in [2.75, 3.05) is 0 Å². The van der Waals surface area contributed by atoms with E-state index in [1.807, 2.05) is 0 Å². The third-order valence-corrected chi connectivity index (χ3v) is 6.09. The average molecular weight is 334 g/mol. The zero-order valence-corrected chi connectivity index (χ0v) is 14.4. The van der Waals surface area contributed by atoms with Crippen molar-refractivity contribution in [2.24, 2.45) is 0 Å². The molecule has 0 saturated carbocycles. The van der Waals surface area contributed by atoms with Crippen LogP contribution in [0.2, 0.25) is 0 Å². The lowest BCUT2D eigenvalue weighted by Crippen LogP contribution is -2.26. The second-order valence-electron chi connectivity index (χ2n) is 7.31. The van der Waals surface area contributed by atoms with Crippen LogP contribution in [0.5, 0.6) is 0 Å². The molecule has 0 spiro atoms. The Morgan fingerprint density at radius 3 is 2.12 bits per heavy atom. The van der Waals surface area contributed by atoms with Gasteiger partial charge in [0.25, 0.3) is 0 Å². The Kier molecular flexibility index (Phi) is 2.66. The van der Waals surface area contributed by atoms with E-state index < -0.39 is 11.2 Å². The van der Waals surface area contributed by atoms with Crippen LogP contribution in [0.4, 0.5) is 0 Å². The van der Waals surface area contributed by atoms with Gasteiger partial charge in [0.1, 0.15) is 0 Å². The number of epoxide rings is 1. The Labute approximate surface area is 153 Å². The fourth-order valence-electron chi connectivity index (χ4n) is 4.91. The molecule has 1 nitrogen and oxygen atoms in total. The van der Waals surface area contributed by atoms with Gasteiger partial charge in [-0.1, -0.05) is 91.0 Å². The van der Waals surface area contributed by atoms with Crippen molar-refractivity contribution < 1.29 is 4.74 Å². The average Bonchev–Trinajstić information content (AvgIpc) is 3.30. The van der Waals surface area contributed by atoms with Gasteiger partial charge in [-0.25, -0.2) is 0 Å². The summed E-state index contributed by atoms with van der Waals surface area (Å²) < 4.78 is 6.73. The third kappa shape index (κ3) is 1.60. The lowest BCUT2D eigenvalue weighted by Gasteiger charge is -2.24. The standard InChI is InChI=1S/C25H18O/c1-3-10-19(11-4-1)24-16-15-22-21-14-8-7-9-18(21)17-23(22)25(24,26-24)20-12-5-2-6-13-20/h1-16H,17H2. The van der Waals surface area contributed by atoms with E-state index in [2.05, 4.69) is 97.1 Å². The molecule has 3 aromatic rings. The van der Waals surface area contributed by atoms with E-state index in [1.54, 1.807) is 0 Å². The summed E-state index contributed by atoms with van der Waals surface area (Å²) >= 11 is 0. The van der Waals surface area contributed by atoms with E-state index in [0.29, 0.717) is 0 Å². The van der Waals surface area contributed by atoms with Crippen molar-refractivity contribution >= 4 is 5.57 Å². The van der Waals surface area contributed by atoms with Crippen molar-refractivity contribution in [2.45, 2.75) is 17.6 Å². The smallest absolute Gasteiger partial charge is 0.154 e. The molecule has 0 radical (unpaired) electrons. The fraction of sp³-hybridized carbons (Fsp3) is 0.120. The van der Waals surface area contributed by atoms with Gasteiger partial charge in [-0.2, -0.15) is 0 Å². The maximum Gasteiger partial charge on any atom is 0.154 e. The molecule has 1 fully saturated rings. The summed E-state index contributed by atoms with van der Waals surface area (Å²) in [6, 6.07) is 30.1. The molecule has 6 rings (SSSR count). The van der Waals surface area contributed by atoms with Gasteiger partial charge in [0, 0.05) is 0 Å². The normalized spacial score (nSPS) is 27.7. The number of allylic oxidation sites excluding steroid dienone is 2. The maximum atomic E-state index is 6.73. The highest BCUT2D eigenvalue weighted by Gasteiger charge is 2.73. The summed E-state index contributed by atoms with van der Waals surface area (Å²) in [5.74, 6) is 0. The number of rotatable bonds is 2. The summed E-state index contributed by atoms with van der Waals surface area (Å²) in [5, 5.41) is 0. The summed E-state index contributed by atoms with van der Waals surface area (Å²) in [6.45, 7) is 0. The van der Waals surface area contributed by atoms with Crippen molar-refractivity contribution in [1.82, 2.24) is 0 Å². The van der Waals surface area contributed by atoms with Gasteiger partial charge in [-0.15, -0.1) is 0 Å². The molecule has 1 saturated heterocycles. The zero-order chi connectivity index (χ0) is 17.2. The fourth-order valence-corrected chi connectivity index (χ4v) is 4.91. The van der Waals surface area contributed by atoms with Gasteiger partial charge in [0.2, 0.25) is 0 Å². The van der Waals surface area contributed by atoms with Crippen LogP contribution in [0.1, 0.15) is 22.3 Å². The van der Waals surface area contributed by atoms with Crippen molar-refractivity contribution in [3.8, 4) is 0 Å².